The van der Waals surface area contributed by atoms with Crippen LogP contribution in [0, 0.1) is 11.8 Å². The van der Waals surface area contributed by atoms with E-state index in [1.54, 1.807) is 0 Å². The summed E-state index contributed by atoms with van der Waals surface area (Å²) < 4.78 is 12.8. The van der Waals surface area contributed by atoms with Crippen LogP contribution in [0.3, 0.4) is 0 Å². The number of nitrogens with zero attached hydrogens (tertiary/aromatic N) is 2. The van der Waals surface area contributed by atoms with E-state index in [2.05, 4.69) is 140 Å². The molecule has 0 amide bonds. The van der Waals surface area contributed by atoms with E-state index in [9.17, 15) is 14.7 Å². The van der Waals surface area contributed by atoms with Gasteiger partial charge in [-0.3, -0.25) is 19.4 Å². The summed E-state index contributed by atoms with van der Waals surface area (Å²) in [5.74, 6) is -1.99. The van der Waals surface area contributed by atoms with E-state index in [0.29, 0.717) is 44.3 Å². The van der Waals surface area contributed by atoms with Gasteiger partial charge in [-0.2, -0.15) is 0 Å². The van der Waals surface area contributed by atoms with E-state index < -0.39 is 17.9 Å². The highest BCUT2D eigenvalue weighted by atomic mass is 16.6. The molecular formula is C42H72N2O5. The van der Waals surface area contributed by atoms with Crippen LogP contribution in [0.15, 0.2) is 12.1 Å². The summed E-state index contributed by atoms with van der Waals surface area (Å²) in [5.41, 5.74) is 1.49. The quantitative estimate of drug-likeness (QED) is 0.206. The number of aromatic hydroxyl groups is 1. The summed E-state index contributed by atoms with van der Waals surface area (Å²) >= 11 is 0. The van der Waals surface area contributed by atoms with Gasteiger partial charge in [0.25, 0.3) is 0 Å². The molecule has 0 spiro atoms. The maximum absolute atomic E-state index is 14.5. The van der Waals surface area contributed by atoms with E-state index >= 15 is 0 Å². The number of likely N-dealkylation sites (tertiary alicyclic amines) is 2. The molecule has 2 aliphatic heterocycles. The number of benzene rings is 1. The third-order valence-electron chi connectivity index (χ3n) is 12.0. The van der Waals surface area contributed by atoms with Crippen LogP contribution in [0.1, 0.15) is 159 Å². The van der Waals surface area contributed by atoms with E-state index in [-0.39, 0.29) is 51.1 Å². The van der Waals surface area contributed by atoms with Crippen molar-refractivity contribution in [2.45, 2.75) is 194 Å². The minimum Gasteiger partial charge on any atom is -0.507 e. The third-order valence-corrected chi connectivity index (χ3v) is 12.0. The zero-order valence-electron chi connectivity index (χ0n) is 34.4. The van der Waals surface area contributed by atoms with Crippen LogP contribution in [0.25, 0.3) is 0 Å². The first-order chi connectivity index (χ1) is 22.0. The van der Waals surface area contributed by atoms with Crippen LogP contribution in [-0.4, -0.2) is 75.3 Å². The molecule has 2 fully saturated rings. The number of carbonyl (C=O) groups excluding carboxylic acids is 2. The van der Waals surface area contributed by atoms with E-state index in [0.717, 1.165) is 23.1 Å². The normalized spacial score (nSPS) is 22.6. The van der Waals surface area contributed by atoms with Gasteiger partial charge in [-0.05, 0) is 116 Å². The van der Waals surface area contributed by atoms with Crippen LogP contribution in [0.2, 0.25) is 0 Å². The number of rotatable bonds is 9. The Bertz CT molecular complexity index is 1220. The molecule has 1 atom stereocenters. The van der Waals surface area contributed by atoms with E-state index in [1.807, 2.05) is 0 Å². The molecule has 0 aliphatic carbocycles. The van der Waals surface area contributed by atoms with Gasteiger partial charge in [0.1, 0.15) is 18.0 Å². The number of hydrogen-bond donors (Lipinski definition) is 1. The predicted molar refractivity (Wildman–Crippen MR) is 201 cm³/mol. The van der Waals surface area contributed by atoms with Gasteiger partial charge in [-0.15, -0.1) is 0 Å². The lowest BCUT2D eigenvalue weighted by Crippen LogP contribution is -2.61. The van der Waals surface area contributed by atoms with Crippen molar-refractivity contribution < 1.29 is 24.2 Å². The number of carbonyl (C=O) groups is 2. The number of phenols is 1. The second-order valence-electron chi connectivity index (χ2n) is 20.1. The Morgan fingerprint density at radius 1 is 0.735 bits per heavy atom. The fraction of sp³-hybridized carbons (Fsp3) is 0.810. The highest BCUT2D eigenvalue weighted by Gasteiger charge is 2.48. The van der Waals surface area contributed by atoms with Gasteiger partial charge in [-0.1, -0.05) is 67.0 Å². The highest BCUT2D eigenvalue weighted by molar-refractivity contribution is 5.95. The Morgan fingerprint density at radius 3 is 1.35 bits per heavy atom. The monoisotopic (exact) mass is 685 g/mol. The molecule has 1 N–H and O–H groups in total. The molecule has 0 saturated carbocycles. The van der Waals surface area contributed by atoms with Gasteiger partial charge in [0, 0.05) is 47.8 Å². The first-order valence-electron chi connectivity index (χ1n) is 18.8. The van der Waals surface area contributed by atoms with Crippen molar-refractivity contribution in [2.24, 2.45) is 11.8 Å². The van der Waals surface area contributed by atoms with Crippen molar-refractivity contribution >= 4 is 11.9 Å². The van der Waals surface area contributed by atoms with Crippen molar-refractivity contribution in [3.63, 3.8) is 0 Å². The fourth-order valence-corrected chi connectivity index (χ4v) is 8.70. The van der Waals surface area contributed by atoms with Crippen molar-refractivity contribution in [3.05, 3.63) is 28.8 Å². The lowest BCUT2D eigenvalue weighted by molar-refractivity contribution is -0.180. The Hall–Kier alpha value is -2.12. The summed E-state index contributed by atoms with van der Waals surface area (Å²) in [7, 11) is 4.27. The Balaban J connectivity index is 2.08. The third kappa shape index (κ3) is 9.41. The number of esters is 2. The minimum atomic E-state index is -1.05. The maximum atomic E-state index is 14.5. The Labute approximate surface area is 299 Å². The molecule has 1 aromatic rings. The molecule has 7 heteroatoms. The van der Waals surface area contributed by atoms with Crippen LogP contribution in [0.5, 0.6) is 5.75 Å². The zero-order chi connectivity index (χ0) is 37.7. The molecule has 280 valence electrons. The zero-order valence-corrected chi connectivity index (χ0v) is 34.4. The number of phenolic OH excluding ortho intramolecular Hbond substituents is 1. The number of hydrogen-bond acceptors (Lipinski definition) is 7. The van der Waals surface area contributed by atoms with Crippen LogP contribution < -0.4 is 0 Å². The van der Waals surface area contributed by atoms with Crippen molar-refractivity contribution in [1.82, 2.24) is 9.80 Å². The number of ether oxygens (including phenoxy) is 2. The summed E-state index contributed by atoms with van der Waals surface area (Å²) in [5, 5.41) is 11.4. The van der Waals surface area contributed by atoms with Crippen molar-refractivity contribution in [2.75, 3.05) is 14.1 Å². The lowest BCUT2D eigenvalue weighted by Gasteiger charge is -2.53. The summed E-state index contributed by atoms with van der Waals surface area (Å²) in [6, 6.07) is 4.15. The van der Waals surface area contributed by atoms with Gasteiger partial charge in [0.15, 0.2) is 5.92 Å². The standard InChI is InChI=1S/C42H72N2O5/c1-18-19-28(20-27-21-31(37(2,3)4)34(45)32(22-27)38(5,6)7)33(35(46)48-29-23-39(8,9)43(16)40(10,11)24-29)36(47)49-30-25-41(12,13)44(17)42(14,15)26-30/h21-22,28-30,33,45H,18-20,23-26H2,1-17H3. The average molecular weight is 685 g/mol. The molecule has 7 nitrogen and oxygen atoms in total. The van der Waals surface area contributed by atoms with Crippen molar-refractivity contribution in [1.29, 1.82) is 0 Å². The van der Waals surface area contributed by atoms with Crippen LogP contribution in [0.4, 0.5) is 0 Å². The molecule has 0 aromatic heterocycles. The second-order valence-corrected chi connectivity index (χ2v) is 20.1. The molecule has 1 unspecified atom stereocenters. The first kappa shape index (κ1) is 41.3. The number of piperidine rings is 2. The molecule has 49 heavy (non-hydrogen) atoms. The molecule has 0 radical (unpaired) electrons. The second kappa shape index (κ2) is 14.1. The Kier molecular flexibility index (Phi) is 11.9. The highest BCUT2D eigenvalue weighted by Crippen LogP contribution is 2.43. The fourth-order valence-electron chi connectivity index (χ4n) is 8.70. The van der Waals surface area contributed by atoms with E-state index in [4.69, 9.17) is 9.47 Å². The summed E-state index contributed by atoms with van der Waals surface area (Å²) in [6.07, 6.45) is 4.14. The largest absolute Gasteiger partial charge is 0.507 e. The van der Waals surface area contributed by atoms with Crippen LogP contribution in [-0.2, 0) is 36.3 Å². The van der Waals surface area contributed by atoms with E-state index in [1.165, 1.54) is 0 Å². The van der Waals surface area contributed by atoms with Gasteiger partial charge in [0.05, 0.1) is 0 Å². The SMILES string of the molecule is CCCC(Cc1cc(C(C)(C)C)c(O)c(C(C)(C)C)c1)C(C(=O)OC1CC(C)(C)N(C)C(C)(C)C1)C(=O)OC1CC(C)(C)N(C)C(C)(C)C1. The average Bonchev–Trinajstić information content (AvgIpc) is 2.89. The minimum absolute atomic E-state index is 0.171. The maximum Gasteiger partial charge on any atom is 0.320 e. The van der Waals surface area contributed by atoms with Gasteiger partial charge >= 0.3 is 11.9 Å². The van der Waals surface area contributed by atoms with Gasteiger partial charge in [-0.25, -0.2) is 0 Å². The smallest absolute Gasteiger partial charge is 0.320 e. The topological polar surface area (TPSA) is 79.3 Å². The molecule has 0 bridgehead atoms. The molecule has 2 saturated heterocycles. The Morgan fingerprint density at radius 2 is 1.06 bits per heavy atom. The first-order valence-corrected chi connectivity index (χ1v) is 18.8. The molecule has 2 heterocycles. The lowest BCUT2D eigenvalue weighted by atomic mass is 9.76. The van der Waals surface area contributed by atoms with Gasteiger partial charge < -0.3 is 14.6 Å². The molecule has 1 aromatic carbocycles. The summed E-state index contributed by atoms with van der Waals surface area (Å²) in [6.45, 7) is 32.2. The molecule has 2 aliphatic rings. The molecule has 3 rings (SSSR count). The van der Waals surface area contributed by atoms with Crippen molar-refractivity contribution in [3.8, 4) is 5.75 Å². The van der Waals surface area contributed by atoms with Crippen LogP contribution >= 0.6 is 0 Å². The van der Waals surface area contributed by atoms with Gasteiger partial charge in [0.2, 0.25) is 0 Å². The molecular weight excluding hydrogens is 612 g/mol. The summed E-state index contributed by atoms with van der Waals surface area (Å²) in [4.78, 5) is 33.8. The predicted octanol–water partition coefficient (Wildman–Crippen LogP) is 8.95.